The lowest BCUT2D eigenvalue weighted by Crippen LogP contribution is -2.34. The maximum Gasteiger partial charge on any atom is 0.241 e. The Morgan fingerprint density at radius 2 is 2.14 bits per heavy atom. The minimum Gasteiger partial charge on any atom is -0.392 e. The van der Waals surface area contributed by atoms with Crippen LogP contribution in [0.5, 0.6) is 0 Å². The Morgan fingerprint density at radius 3 is 2.71 bits per heavy atom. The Morgan fingerprint density at radius 1 is 1.38 bits per heavy atom. The number of hydrogen-bond acceptors (Lipinski definition) is 4. The van der Waals surface area contributed by atoms with Crippen molar-refractivity contribution in [2.75, 3.05) is 0 Å². The van der Waals surface area contributed by atoms with Crippen LogP contribution in [0.1, 0.15) is 17.4 Å². The molecule has 0 bridgehead atoms. The lowest BCUT2D eigenvalue weighted by molar-refractivity contribution is 0.281. The predicted octanol–water partition coefficient (Wildman–Crippen LogP) is 2.91. The maximum atomic E-state index is 12.4. The smallest absolute Gasteiger partial charge is 0.241 e. The molecular weight excluding hydrogens is 374 g/mol. The molecule has 1 aromatic carbocycles. The van der Waals surface area contributed by atoms with Crippen molar-refractivity contribution in [1.82, 2.24) is 4.72 Å². The summed E-state index contributed by atoms with van der Waals surface area (Å²) in [5, 5.41) is 11.0. The van der Waals surface area contributed by atoms with Crippen molar-refractivity contribution in [2.24, 2.45) is 0 Å². The van der Waals surface area contributed by atoms with Crippen LogP contribution in [0.4, 0.5) is 0 Å². The Balaban J connectivity index is 2.14. The van der Waals surface area contributed by atoms with E-state index in [9.17, 15) is 8.42 Å². The Labute approximate surface area is 137 Å². The second-order valence-electron chi connectivity index (χ2n) is 4.73. The molecule has 0 saturated carbocycles. The van der Waals surface area contributed by atoms with Gasteiger partial charge in [-0.05, 0) is 58.4 Å². The minimum atomic E-state index is -3.59. The van der Waals surface area contributed by atoms with Crippen molar-refractivity contribution < 1.29 is 13.5 Å². The SMILES string of the molecule is CC(Cc1cccs1)NS(=O)(=O)c1ccc(CO)cc1Br. The molecule has 4 nitrogen and oxygen atoms in total. The van der Waals surface area contributed by atoms with E-state index in [0.29, 0.717) is 16.5 Å². The Kier molecular flexibility index (Phi) is 5.56. The molecule has 7 heteroatoms. The standard InChI is InChI=1S/C14H16BrNO3S2/c1-10(7-12-3-2-6-20-12)16-21(18,19)14-5-4-11(9-17)8-13(14)15/h2-6,8,10,16-17H,7,9H2,1H3. The molecule has 0 spiro atoms. The first-order valence-electron chi connectivity index (χ1n) is 6.36. The maximum absolute atomic E-state index is 12.4. The summed E-state index contributed by atoms with van der Waals surface area (Å²) >= 11 is 4.86. The molecule has 1 unspecified atom stereocenters. The number of benzene rings is 1. The van der Waals surface area contributed by atoms with Crippen molar-refractivity contribution in [2.45, 2.75) is 30.9 Å². The van der Waals surface area contributed by atoms with Gasteiger partial charge in [0.15, 0.2) is 0 Å². The van der Waals surface area contributed by atoms with E-state index >= 15 is 0 Å². The Hall–Kier alpha value is -0.730. The van der Waals surface area contributed by atoms with E-state index in [4.69, 9.17) is 5.11 Å². The molecule has 114 valence electrons. The number of sulfonamides is 1. The molecule has 0 aliphatic carbocycles. The molecule has 0 aliphatic heterocycles. The summed E-state index contributed by atoms with van der Waals surface area (Å²) in [6.07, 6.45) is 0.656. The molecule has 1 heterocycles. The minimum absolute atomic E-state index is 0.124. The van der Waals surface area contributed by atoms with E-state index in [0.717, 1.165) is 4.88 Å². The second-order valence-corrected chi connectivity index (χ2v) is 8.30. The summed E-state index contributed by atoms with van der Waals surface area (Å²) in [4.78, 5) is 1.32. The van der Waals surface area contributed by atoms with Gasteiger partial charge in [-0.15, -0.1) is 11.3 Å². The third-order valence-corrected chi connectivity index (χ3v) is 6.38. The lowest BCUT2D eigenvalue weighted by Gasteiger charge is -2.14. The van der Waals surface area contributed by atoms with Gasteiger partial charge in [-0.25, -0.2) is 13.1 Å². The van der Waals surface area contributed by atoms with Crippen LogP contribution in [0.3, 0.4) is 0 Å². The largest absolute Gasteiger partial charge is 0.392 e. The molecule has 1 atom stereocenters. The average molecular weight is 390 g/mol. The monoisotopic (exact) mass is 389 g/mol. The van der Waals surface area contributed by atoms with E-state index in [2.05, 4.69) is 20.7 Å². The highest BCUT2D eigenvalue weighted by molar-refractivity contribution is 9.10. The van der Waals surface area contributed by atoms with Crippen LogP contribution in [0, 0.1) is 0 Å². The van der Waals surface area contributed by atoms with Gasteiger partial charge in [0, 0.05) is 15.4 Å². The van der Waals surface area contributed by atoms with E-state index in [1.54, 1.807) is 23.5 Å². The van der Waals surface area contributed by atoms with E-state index in [1.165, 1.54) is 6.07 Å². The van der Waals surface area contributed by atoms with Gasteiger partial charge in [0.1, 0.15) is 0 Å². The summed E-state index contributed by atoms with van der Waals surface area (Å²) in [7, 11) is -3.59. The quantitative estimate of drug-likeness (QED) is 0.797. The molecule has 1 aromatic heterocycles. The van der Waals surface area contributed by atoms with Crippen LogP contribution < -0.4 is 4.72 Å². The lowest BCUT2D eigenvalue weighted by atomic mass is 10.2. The molecule has 2 rings (SSSR count). The van der Waals surface area contributed by atoms with Gasteiger partial charge in [-0.2, -0.15) is 0 Å². The van der Waals surface area contributed by atoms with Crippen molar-refractivity contribution in [3.63, 3.8) is 0 Å². The number of hydrogen-bond donors (Lipinski definition) is 2. The normalized spacial score (nSPS) is 13.3. The van der Waals surface area contributed by atoms with E-state index < -0.39 is 10.0 Å². The van der Waals surface area contributed by atoms with Gasteiger partial charge in [0.05, 0.1) is 11.5 Å². The second kappa shape index (κ2) is 7.02. The van der Waals surface area contributed by atoms with Gasteiger partial charge in [-0.3, -0.25) is 0 Å². The topological polar surface area (TPSA) is 66.4 Å². The molecule has 0 radical (unpaired) electrons. The first-order chi connectivity index (χ1) is 9.92. The third-order valence-electron chi connectivity index (χ3n) is 2.91. The number of rotatable bonds is 6. The van der Waals surface area contributed by atoms with Crippen LogP contribution in [-0.4, -0.2) is 19.6 Å². The van der Waals surface area contributed by atoms with Crippen LogP contribution in [0.2, 0.25) is 0 Å². The molecular formula is C14H16BrNO3S2. The average Bonchev–Trinajstić information content (AvgIpc) is 2.90. The molecule has 0 amide bonds. The van der Waals surface area contributed by atoms with Crippen LogP contribution >= 0.6 is 27.3 Å². The van der Waals surface area contributed by atoms with Gasteiger partial charge in [0.2, 0.25) is 10.0 Å². The van der Waals surface area contributed by atoms with Crippen LogP contribution in [0.15, 0.2) is 45.1 Å². The summed E-state index contributed by atoms with van der Waals surface area (Å²) < 4.78 is 27.9. The molecule has 21 heavy (non-hydrogen) atoms. The van der Waals surface area contributed by atoms with Crippen molar-refractivity contribution in [3.05, 3.63) is 50.6 Å². The number of nitrogens with one attached hydrogen (secondary N) is 1. The highest BCUT2D eigenvalue weighted by Gasteiger charge is 2.20. The summed E-state index contributed by atoms with van der Waals surface area (Å²) in [6.45, 7) is 1.72. The molecule has 0 fully saturated rings. The van der Waals surface area contributed by atoms with Gasteiger partial charge in [-0.1, -0.05) is 12.1 Å². The van der Waals surface area contributed by atoms with Crippen molar-refractivity contribution in [1.29, 1.82) is 0 Å². The zero-order chi connectivity index (χ0) is 15.5. The molecule has 2 aromatic rings. The highest BCUT2D eigenvalue weighted by atomic mass is 79.9. The number of aliphatic hydroxyl groups is 1. The molecule has 0 aliphatic rings. The third kappa shape index (κ3) is 4.37. The fraction of sp³-hybridized carbons (Fsp3) is 0.286. The van der Waals surface area contributed by atoms with E-state index in [1.807, 2.05) is 24.4 Å². The highest BCUT2D eigenvalue weighted by Crippen LogP contribution is 2.24. The van der Waals surface area contributed by atoms with Crippen LogP contribution in [-0.2, 0) is 23.1 Å². The first-order valence-corrected chi connectivity index (χ1v) is 9.52. The van der Waals surface area contributed by atoms with Gasteiger partial charge < -0.3 is 5.11 Å². The summed E-state index contributed by atoms with van der Waals surface area (Å²) in [6, 6.07) is 8.45. The van der Waals surface area contributed by atoms with Crippen molar-refractivity contribution >= 4 is 37.3 Å². The van der Waals surface area contributed by atoms with E-state index in [-0.39, 0.29) is 17.5 Å². The zero-order valence-corrected chi connectivity index (χ0v) is 14.6. The molecule has 2 N–H and O–H groups in total. The van der Waals surface area contributed by atoms with Crippen LogP contribution in [0.25, 0.3) is 0 Å². The van der Waals surface area contributed by atoms with Gasteiger partial charge in [0.25, 0.3) is 0 Å². The zero-order valence-electron chi connectivity index (χ0n) is 11.4. The fourth-order valence-electron chi connectivity index (χ4n) is 1.96. The number of halogens is 1. The van der Waals surface area contributed by atoms with Crippen molar-refractivity contribution in [3.8, 4) is 0 Å². The Bertz CT molecular complexity index is 699. The number of thiophene rings is 1. The molecule has 0 saturated heterocycles. The summed E-state index contributed by atoms with van der Waals surface area (Å²) in [5.74, 6) is 0. The number of aliphatic hydroxyl groups excluding tert-OH is 1. The fourth-order valence-corrected chi connectivity index (χ4v) is 5.16. The summed E-state index contributed by atoms with van der Waals surface area (Å²) in [5.41, 5.74) is 0.660. The predicted molar refractivity (Wildman–Crippen MR) is 87.9 cm³/mol. The van der Waals surface area contributed by atoms with Gasteiger partial charge >= 0.3 is 0 Å². The first kappa shape index (κ1) is 16.6.